The average molecular weight is 533 g/mol. The summed E-state index contributed by atoms with van der Waals surface area (Å²) in [5.41, 5.74) is 3.86. The molecule has 9 nitrogen and oxygen atoms in total. The Bertz CT molecular complexity index is 1260. The van der Waals surface area contributed by atoms with Crippen molar-refractivity contribution in [3.8, 4) is 0 Å². The van der Waals surface area contributed by atoms with Crippen LogP contribution in [0.3, 0.4) is 0 Å². The van der Waals surface area contributed by atoms with Crippen molar-refractivity contribution in [2.45, 2.75) is 57.7 Å². The summed E-state index contributed by atoms with van der Waals surface area (Å²) in [6, 6.07) is 8.08. The van der Waals surface area contributed by atoms with Crippen molar-refractivity contribution in [1.29, 1.82) is 0 Å². The molecule has 0 aliphatic carbocycles. The van der Waals surface area contributed by atoms with Crippen LogP contribution >= 0.6 is 0 Å². The summed E-state index contributed by atoms with van der Waals surface area (Å²) in [5, 5.41) is 7.12. The number of carboxylic acid groups (broad SMARTS) is 1. The van der Waals surface area contributed by atoms with E-state index in [0.717, 1.165) is 56.0 Å². The second kappa shape index (κ2) is 11.4. The summed E-state index contributed by atoms with van der Waals surface area (Å²) < 4.78 is 34.0. The fourth-order valence-corrected chi connectivity index (χ4v) is 4.83. The number of rotatable bonds is 4. The Morgan fingerprint density at radius 2 is 1.71 bits per heavy atom. The standard InChI is InChI=1S/C24H30N6O.C2HF3O2/c1-17(2)30-16-26-22-21(30)15-20(27-23(22)28-11-5-6-12-28)18-8-13-29(14-9-18)24(31)19-7-3-4-10-25-19;3-2(4,5)1(6)7/h3-4,7,10,15-18H,5-6,8-9,11-14H2,1-2H3;(H,6,7). The smallest absolute Gasteiger partial charge is 0.475 e. The number of carbonyl (C=O) groups excluding carboxylic acids is 1. The summed E-state index contributed by atoms with van der Waals surface area (Å²) in [4.78, 5) is 40.1. The number of anilines is 1. The first-order valence-corrected chi connectivity index (χ1v) is 12.7. The second-order valence-electron chi connectivity index (χ2n) is 9.76. The SMILES string of the molecule is CC(C)n1cnc2c(N3CCCC3)nc(C3CCN(C(=O)c4ccccn4)CC3)cc21.O=C(O)C(F)(F)F. The number of nitrogens with zero attached hydrogens (tertiary/aromatic N) is 6. The van der Waals surface area contributed by atoms with Crippen molar-refractivity contribution in [1.82, 2.24) is 24.4 Å². The van der Waals surface area contributed by atoms with Gasteiger partial charge in [-0.25, -0.2) is 14.8 Å². The van der Waals surface area contributed by atoms with E-state index in [4.69, 9.17) is 19.9 Å². The van der Waals surface area contributed by atoms with E-state index in [-0.39, 0.29) is 5.91 Å². The van der Waals surface area contributed by atoms with Gasteiger partial charge in [-0.2, -0.15) is 13.2 Å². The van der Waals surface area contributed by atoms with E-state index in [1.807, 2.05) is 23.4 Å². The van der Waals surface area contributed by atoms with Crippen LogP contribution in [0, 0.1) is 0 Å². The van der Waals surface area contributed by atoms with E-state index < -0.39 is 12.1 Å². The van der Waals surface area contributed by atoms with Gasteiger partial charge >= 0.3 is 12.1 Å². The highest BCUT2D eigenvalue weighted by Crippen LogP contribution is 2.34. The summed E-state index contributed by atoms with van der Waals surface area (Å²) in [6.07, 6.45) is 2.82. The molecule has 0 radical (unpaired) electrons. The van der Waals surface area contributed by atoms with Gasteiger partial charge in [0.25, 0.3) is 5.91 Å². The van der Waals surface area contributed by atoms with E-state index in [1.54, 1.807) is 12.3 Å². The highest BCUT2D eigenvalue weighted by Gasteiger charge is 2.38. The molecule has 204 valence electrons. The first kappa shape index (κ1) is 27.3. The largest absolute Gasteiger partial charge is 0.490 e. The molecule has 0 aromatic carbocycles. The van der Waals surface area contributed by atoms with Crippen LogP contribution in [0.15, 0.2) is 36.8 Å². The molecule has 1 N–H and O–H groups in total. The maximum atomic E-state index is 12.8. The number of alkyl halides is 3. The molecule has 12 heteroatoms. The molecular weight excluding hydrogens is 501 g/mol. The molecule has 1 amide bonds. The van der Waals surface area contributed by atoms with Gasteiger partial charge in [-0.05, 0) is 57.7 Å². The van der Waals surface area contributed by atoms with Crippen molar-refractivity contribution in [3.05, 3.63) is 48.2 Å². The number of hydrogen-bond acceptors (Lipinski definition) is 6. The van der Waals surface area contributed by atoms with Gasteiger partial charge in [0.1, 0.15) is 11.2 Å². The van der Waals surface area contributed by atoms with Gasteiger partial charge in [0.05, 0.1) is 11.8 Å². The zero-order valence-electron chi connectivity index (χ0n) is 21.4. The highest BCUT2D eigenvalue weighted by molar-refractivity contribution is 5.92. The molecule has 5 rings (SSSR count). The van der Waals surface area contributed by atoms with Crippen molar-refractivity contribution < 1.29 is 27.9 Å². The Labute approximate surface area is 218 Å². The third-order valence-electron chi connectivity index (χ3n) is 6.85. The molecule has 2 fully saturated rings. The van der Waals surface area contributed by atoms with Crippen LogP contribution in [-0.2, 0) is 4.79 Å². The number of pyridine rings is 2. The number of hydrogen-bond donors (Lipinski definition) is 1. The predicted octanol–water partition coefficient (Wildman–Crippen LogP) is 4.66. The zero-order chi connectivity index (χ0) is 27.4. The topological polar surface area (TPSA) is 104 Å². The summed E-state index contributed by atoms with van der Waals surface area (Å²) >= 11 is 0. The molecule has 0 spiro atoms. The van der Waals surface area contributed by atoms with Gasteiger partial charge < -0.3 is 19.5 Å². The van der Waals surface area contributed by atoms with Gasteiger partial charge in [0.15, 0.2) is 5.82 Å². The van der Waals surface area contributed by atoms with Crippen LogP contribution in [0.1, 0.15) is 67.7 Å². The number of aliphatic carboxylic acids is 1. The lowest BCUT2D eigenvalue weighted by Crippen LogP contribution is -2.38. The lowest BCUT2D eigenvalue weighted by molar-refractivity contribution is -0.192. The second-order valence-corrected chi connectivity index (χ2v) is 9.76. The van der Waals surface area contributed by atoms with Crippen LogP contribution in [0.25, 0.3) is 11.0 Å². The Kier molecular flexibility index (Phi) is 8.17. The first-order chi connectivity index (χ1) is 18.1. The van der Waals surface area contributed by atoms with Crippen molar-refractivity contribution >= 4 is 28.7 Å². The molecule has 0 saturated carbocycles. The van der Waals surface area contributed by atoms with Crippen LogP contribution in [0.5, 0.6) is 0 Å². The Morgan fingerprint density at radius 1 is 1.05 bits per heavy atom. The number of fused-ring (bicyclic) bond motifs is 1. The monoisotopic (exact) mass is 532 g/mol. The molecule has 0 atom stereocenters. The molecule has 0 bridgehead atoms. The molecular formula is C26H31F3N6O3. The van der Waals surface area contributed by atoms with E-state index in [2.05, 4.69) is 34.4 Å². The minimum Gasteiger partial charge on any atom is -0.475 e. The Morgan fingerprint density at radius 3 is 2.26 bits per heavy atom. The van der Waals surface area contributed by atoms with E-state index in [9.17, 15) is 18.0 Å². The molecule has 2 aliphatic rings. The van der Waals surface area contributed by atoms with Crippen LogP contribution in [0.4, 0.5) is 19.0 Å². The van der Waals surface area contributed by atoms with Gasteiger partial charge in [-0.1, -0.05) is 6.07 Å². The quantitative estimate of drug-likeness (QED) is 0.521. The molecule has 0 unspecified atom stereocenters. The lowest BCUT2D eigenvalue weighted by atomic mass is 9.92. The highest BCUT2D eigenvalue weighted by atomic mass is 19.4. The molecule has 2 aliphatic heterocycles. The van der Waals surface area contributed by atoms with Gasteiger partial charge in [-0.15, -0.1) is 0 Å². The zero-order valence-corrected chi connectivity index (χ0v) is 21.4. The minimum atomic E-state index is -5.08. The van der Waals surface area contributed by atoms with Crippen LogP contribution in [-0.4, -0.2) is 73.8 Å². The predicted molar refractivity (Wildman–Crippen MR) is 135 cm³/mol. The number of likely N-dealkylation sites (tertiary alicyclic amines) is 1. The molecule has 3 aromatic rings. The fraction of sp³-hybridized carbons (Fsp3) is 0.500. The lowest BCUT2D eigenvalue weighted by Gasteiger charge is -2.32. The number of amides is 1. The van der Waals surface area contributed by atoms with Crippen molar-refractivity contribution in [2.24, 2.45) is 0 Å². The normalized spacial score (nSPS) is 16.6. The van der Waals surface area contributed by atoms with Gasteiger partial charge in [-0.3, -0.25) is 9.78 Å². The van der Waals surface area contributed by atoms with E-state index in [0.29, 0.717) is 17.7 Å². The number of carbonyl (C=O) groups is 2. The number of piperidine rings is 1. The summed E-state index contributed by atoms with van der Waals surface area (Å²) in [7, 11) is 0. The number of carboxylic acids is 1. The minimum absolute atomic E-state index is 0.0260. The number of aromatic nitrogens is 4. The first-order valence-electron chi connectivity index (χ1n) is 12.7. The van der Waals surface area contributed by atoms with Gasteiger partial charge in [0, 0.05) is 50.0 Å². The Balaban J connectivity index is 0.000000426. The molecule has 5 heterocycles. The number of imidazole rings is 1. The Hall–Kier alpha value is -3.70. The molecule has 38 heavy (non-hydrogen) atoms. The third-order valence-corrected chi connectivity index (χ3v) is 6.85. The summed E-state index contributed by atoms with van der Waals surface area (Å²) in [6.45, 7) is 7.97. The van der Waals surface area contributed by atoms with Gasteiger partial charge in [0.2, 0.25) is 0 Å². The number of halogens is 3. The van der Waals surface area contributed by atoms with E-state index in [1.165, 1.54) is 18.4 Å². The van der Waals surface area contributed by atoms with Crippen molar-refractivity contribution in [3.63, 3.8) is 0 Å². The maximum Gasteiger partial charge on any atom is 0.490 e. The third kappa shape index (κ3) is 6.05. The van der Waals surface area contributed by atoms with Crippen LogP contribution < -0.4 is 4.90 Å². The van der Waals surface area contributed by atoms with Crippen LogP contribution in [0.2, 0.25) is 0 Å². The molecule has 3 aromatic heterocycles. The fourth-order valence-electron chi connectivity index (χ4n) is 4.83. The summed E-state index contributed by atoms with van der Waals surface area (Å²) in [5.74, 6) is -1.34. The maximum absolute atomic E-state index is 12.8. The molecule has 2 saturated heterocycles. The average Bonchev–Trinajstić information content (AvgIpc) is 3.59. The van der Waals surface area contributed by atoms with E-state index >= 15 is 0 Å². The van der Waals surface area contributed by atoms with Crippen molar-refractivity contribution in [2.75, 3.05) is 31.1 Å².